The van der Waals surface area contributed by atoms with Gasteiger partial charge in [-0.15, -0.1) is 10.2 Å². The van der Waals surface area contributed by atoms with E-state index in [0.717, 1.165) is 23.8 Å². The first kappa shape index (κ1) is 16.8. The van der Waals surface area contributed by atoms with Gasteiger partial charge in [0, 0.05) is 12.2 Å². The quantitative estimate of drug-likeness (QED) is 0.619. The Balaban J connectivity index is 1.45. The summed E-state index contributed by atoms with van der Waals surface area (Å²) in [5, 5.41) is 11.8. The van der Waals surface area contributed by atoms with Gasteiger partial charge in [-0.1, -0.05) is 41.6 Å². The summed E-state index contributed by atoms with van der Waals surface area (Å²) in [6, 6.07) is 9.89. The van der Waals surface area contributed by atoms with E-state index in [0.29, 0.717) is 5.75 Å². The molecule has 0 radical (unpaired) electrons. The number of carbonyl (C=O) groups excluding carboxylic acids is 1. The van der Waals surface area contributed by atoms with Crippen molar-refractivity contribution in [2.24, 2.45) is 0 Å². The fraction of sp³-hybridized carbons (Fsp3) is 0.389. The molecule has 1 aliphatic carbocycles. The third-order valence-corrected chi connectivity index (χ3v) is 4.98. The van der Waals surface area contributed by atoms with E-state index in [-0.39, 0.29) is 5.91 Å². The van der Waals surface area contributed by atoms with E-state index in [1.807, 2.05) is 34.9 Å². The van der Waals surface area contributed by atoms with Crippen LogP contribution in [0.4, 0.5) is 0 Å². The standard InChI is InChI=1S/C18H22N4OS/c23-17(19-12-11-15-7-3-1-4-8-15)13-24-18-21-20-14-22(18)16-9-5-2-6-10-16/h2,5-7,9-10,14H,1,3-4,8,11-13H2,(H,19,23). The number of amides is 1. The zero-order valence-corrected chi connectivity index (χ0v) is 14.5. The van der Waals surface area contributed by atoms with Crippen molar-refractivity contribution in [3.05, 3.63) is 48.3 Å². The van der Waals surface area contributed by atoms with Crippen molar-refractivity contribution in [2.75, 3.05) is 12.3 Å². The van der Waals surface area contributed by atoms with E-state index in [4.69, 9.17) is 0 Å². The van der Waals surface area contributed by atoms with Gasteiger partial charge in [-0.3, -0.25) is 9.36 Å². The van der Waals surface area contributed by atoms with Crippen molar-refractivity contribution < 1.29 is 4.79 Å². The van der Waals surface area contributed by atoms with Crippen LogP contribution in [0.1, 0.15) is 32.1 Å². The molecule has 5 nitrogen and oxygen atoms in total. The number of allylic oxidation sites excluding steroid dienone is 1. The van der Waals surface area contributed by atoms with Crippen molar-refractivity contribution in [1.82, 2.24) is 20.1 Å². The zero-order chi connectivity index (χ0) is 16.6. The highest BCUT2D eigenvalue weighted by molar-refractivity contribution is 7.99. The molecule has 0 saturated carbocycles. The van der Waals surface area contributed by atoms with E-state index in [1.165, 1.54) is 43.0 Å². The van der Waals surface area contributed by atoms with Crippen LogP contribution in [-0.4, -0.2) is 33.0 Å². The first-order valence-corrected chi connectivity index (χ1v) is 9.34. The van der Waals surface area contributed by atoms with Crippen LogP contribution in [0.3, 0.4) is 0 Å². The maximum atomic E-state index is 12.0. The van der Waals surface area contributed by atoms with Gasteiger partial charge in [0.2, 0.25) is 5.91 Å². The molecule has 2 aromatic rings. The monoisotopic (exact) mass is 342 g/mol. The van der Waals surface area contributed by atoms with Crippen molar-refractivity contribution >= 4 is 17.7 Å². The Morgan fingerprint density at radius 3 is 2.92 bits per heavy atom. The summed E-state index contributed by atoms with van der Waals surface area (Å²) >= 11 is 1.41. The van der Waals surface area contributed by atoms with Crippen molar-refractivity contribution in [3.63, 3.8) is 0 Å². The first-order chi connectivity index (χ1) is 11.8. The molecule has 0 unspecified atom stereocenters. The number of hydrogen-bond donors (Lipinski definition) is 1. The molecule has 3 rings (SSSR count). The second-order valence-electron chi connectivity index (χ2n) is 5.82. The minimum atomic E-state index is 0.0408. The lowest BCUT2D eigenvalue weighted by Crippen LogP contribution is -2.26. The third kappa shape index (κ3) is 4.71. The fourth-order valence-corrected chi connectivity index (χ4v) is 3.52. The number of aromatic nitrogens is 3. The molecular weight excluding hydrogens is 320 g/mol. The minimum Gasteiger partial charge on any atom is -0.355 e. The van der Waals surface area contributed by atoms with Gasteiger partial charge in [0.15, 0.2) is 5.16 Å². The van der Waals surface area contributed by atoms with Gasteiger partial charge in [-0.2, -0.15) is 0 Å². The zero-order valence-electron chi connectivity index (χ0n) is 13.6. The van der Waals surface area contributed by atoms with Crippen LogP contribution >= 0.6 is 11.8 Å². The highest BCUT2D eigenvalue weighted by Gasteiger charge is 2.10. The van der Waals surface area contributed by atoms with Crippen LogP contribution in [0, 0.1) is 0 Å². The molecular formula is C18H22N4OS. The molecule has 0 spiro atoms. The molecule has 1 aliphatic rings. The molecule has 1 aromatic carbocycles. The van der Waals surface area contributed by atoms with Gasteiger partial charge in [0.05, 0.1) is 5.75 Å². The van der Waals surface area contributed by atoms with Crippen molar-refractivity contribution in [2.45, 2.75) is 37.3 Å². The van der Waals surface area contributed by atoms with Crippen LogP contribution < -0.4 is 5.32 Å². The highest BCUT2D eigenvalue weighted by Crippen LogP contribution is 2.20. The number of carbonyl (C=O) groups is 1. The largest absolute Gasteiger partial charge is 0.355 e. The lowest BCUT2D eigenvalue weighted by molar-refractivity contribution is -0.118. The summed E-state index contributed by atoms with van der Waals surface area (Å²) < 4.78 is 1.89. The van der Waals surface area contributed by atoms with Crippen molar-refractivity contribution in [3.8, 4) is 5.69 Å². The minimum absolute atomic E-state index is 0.0408. The van der Waals surface area contributed by atoms with Crippen LogP contribution in [0.2, 0.25) is 0 Å². The van der Waals surface area contributed by atoms with E-state index in [9.17, 15) is 4.79 Å². The number of rotatable bonds is 7. The lowest BCUT2D eigenvalue weighted by Gasteiger charge is -2.12. The Morgan fingerprint density at radius 1 is 1.25 bits per heavy atom. The van der Waals surface area contributed by atoms with Gasteiger partial charge in [0.25, 0.3) is 0 Å². The Bertz CT molecular complexity index is 696. The Hall–Kier alpha value is -2.08. The number of nitrogens with zero attached hydrogens (tertiary/aromatic N) is 3. The van der Waals surface area contributed by atoms with Crippen LogP contribution in [0.5, 0.6) is 0 Å². The van der Waals surface area contributed by atoms with Gasteiger partial charge >= 0.3 is 0 Å². The Labute approximate surface area is 146 Å². The molecule has 0 saturated heterocycles. The Morgan fingerprint density at radius 2 is 2.12 bits per heavy atom. The number of nitrogens with one attached hydrogen (secondary N) is 1. The molecule has 0 aliphatic heterocycles. The van der Waals surface area contributed by atoms with E-state index < -0.39 is 0 Å². The summed E-state index contributed by atoms with van der Waals surface area (Å²) in [6.07, 6.45) is 9.92. The van der Waals surface area contributed by atoms with Gasteiger partial charge in [-0.25, -0.2) is 0 Å². The maximum absolute atomic E-state index is 12.0. The SMILES string of the molecule is O=C(CSc1nncn1-c1ccccc1)NCCC1=CCCCC1. The fourth-order valence-electron chi connectivity index (χ4n) is 2.76. The summed E-state index contributed by atoms with van der Waals surface area (Å²) in [7, 11) is 0. The van der Waals surface area contributed by atoms with Crippen LogP contribution in [0.15, 0.2) is 53.5 Å². The lowest BCUT2D eigenvalue weighted by atomic mass is 9.97. The van der Waals surface area contributed by atoms with E-state index in [2.05, 4.69) is 21.6 Å². The molecule has 24 heavy (non-hydrogen) atoms. The van der Waals surface area contributed by atoms with Crippen molar-refractivity contribution in [1.29, 1.82) is 0 Å². The third-order valence-electron chi connectivity index (χ3n) is 4.04. The van der Waals surface area contributed by atoms with Gasteiger partial charge in [0.1, 0.15) is 6.33 Å². The number of benzene rings is 1. The van der Waals surface area contributed by atoms with Crippen LogP contribution in [-0.2, 0) is 4.79 Å². The highest BCUT2D eigenvalue weighted by atomic mass is 32.2. The Kier molecular flexibility index (Phi) is 6.07. The van der Waals surface area contributed by atoms with E-state index >= 15 is 0 Å². The van der Waals surface area contributed by atoms with Crippen LogP contribution in [0.25, 0.3) is 5.69 Å². The average Bonchev–Trinajstić information content (AvgIpc) is 3.10. The molecule has 1 heterocycles. The summed E-state index contributed by atoms with van der Waals surface area (Å²) in [6.45, 7) is 0.719. The van der Waals surface area contributed by atoms with Gasteiger partial charge < -0.3 is 5.32 Å². The molecule has 0 atom stereocenters. The number of thioether (sulfide) groups is 1. The second kappa shape index (κ2) is 8.68. The smallest absolute Gasteiger partial charge is 0.230 e. The second-order valence-corrected chi connectivity index (χ2v) is 6.76. The predicted octanol–water partition coefficient (Wildman–Crippen LogP) is 3.37. The molecule has 1 aromatic heterocycles. The summed E-state index contributed by atoms with van der Waals surface area (Å²) in [5.41, 5.74) is 2.48. The van der Waals surface area contributed by atoms with E-state index in [1.54, 1.807) is 6.33 Å². The molecule has 0 fully saturated rings. The normalized spacial score (nSPS) is 14.2. The average molecular weight is 342 g/mol. The number of para-hydroxylation sites is 1. The molecule has 6 heteroatoms. The predicted molar refractivity (Wildman–Crippen MR) is 96.3 cm³/mol. The molecule has 0 bridgehead atoms. The van der Waals surface area contributed by atoms with Gasteiger partial charge in [-0.05, 0) is 44.2 Å². The maximum Gasteiger partial charge on any atom is 0.230 e. The molecule has 126 valence electrons. The summed E-state index contributed by atoms with van der Waals surface area (Å²) in [4.78, 5) is 12.0. The topological polar surface area (TPSA) is 59.8 Å². The molecule has 1 amide bonds. The summed E-state index contributed by atoms with van der Waals surface area (Å²) in [5.74, 6) is 0.393. The molecule has 1 N–H and O–H groups in total. The first-order valence-electron chi connectivity index (χ1n) is 8.36. The number of hydrogen-bond acceptors (Lipinski definition) is 4.